The van der Waals surface area contributed by atoms with E-state index < -0.39 is 10.1 Å². The Morgan fingerprint density at radius 3 is 2.44 bits per heavy atom. The lowest BCUT2D eigenvalue weighted by atomic mass is 10.0. The Morgan fingerprint density at radius 2 is 1.83 bits per heavy atom. The van der Waals surface area contributed by atoms with Crippen LogP contribution in [0.15, 0.2) is 30.3 Å². The SMILES string of the molecule is CC(OS(=O)(=O)Cc1ccccc1)C1CCCC1. The van der Waals surface area contributed by atoms with Crippen LogP contribution in [0.1, 0.15) is 38.2 Å². The van der Waals surface area contributed by atoms with Crippen LogP contribution in [-0.2, 0) is 20.1 Å². The van der Waals surface area contributed by atoms with Gasteiger partial charge in [0.15, 0.2) is 0 Å². The van der Waals surface area contributed by atoms with Gasteiger partial charge in [0, 0.05) is 0 Å². The van der Waals surface area contributed by atoms with Crippen molar-refractivity contribution in [2.75, 3.05) is 0 Å². The van der Waals surface area contributed by atoms with Gasteiger partial charge < -0.3 is 0 Å². The van der Waals surface area contributed by atoms with Crippen LogP contribution >= 0.6 is 0 Å². The summed E-state index contributed by atoms with van der Waals surface area (Å²) in [7, 11) is -3.47. The molecule has 3 nitrogen and oxygen atoms in total. The van der Waals surface area contributed by atoms with Crippen molar-refractivity contribution in [3.63, 3.8) is 0 Å². The lowest BCUT2D eigenvalue weighted by Gasteiger charge is -2.18. The summed E-state index contributed by atoms with van der Waals surface area (Å²) in [6, 6.07) is 9.16. The predicted molar refractivity (Wildman–Crippen MR) is 71.6 cm³/mol. The van der Waals surface area contributed by atoms with E-state index >= 15 is 0 Å². The largest absolute Gasteiger partial charge is 0.271 e. The number of benzene rings is 1. The van der Waals surface area contributed by atoms with Crippen LogP contribution in [0, 0.1) is 5.92 Å². The molecule has 1 atom stereocenters. The first-order valence-corrected chi connectivity index (χ1v) is 8.09. The fourth-order valence-corrected chi connectivity index (χ4v) is 3.84. The van der Waals surface area contributed by atoms with Crippen molar-refractivity contribution in [2.24, 2.45) is 5.92 Å². The standard InChI is InChI=1S/C14H20O3S/c1-12(14-9-5-6-10-14)17-18(15,16)11-13-7-3-2-4-8-13/h2-4,7-8,12,14H,5-6,9-11H2,1H3. The normalized spacial score (nSPS) is 18.9. The van der Waals surface area contributed by atoms with Gasteiger partial charge in [0.2, 0.25) is 0 Å². The molecule has 1 aliphatic rings. The van der Waals surface area contributed by atoms with Gasteiger partial charge in [-0.2, -0.15) is 8.42 Å². The molecule has 0 aliphatic heterocycles. The topological polar surface area (TPSA) is 43.4 Å². The molecule has 0 radical (unpaired) electrons. The highest BCUT2D eigenvalue weighted by Gasteiger charge is 2.26. The van der Waals surface area contributed by atoms with E-state index in [2.05, 4.69) is 0 Å². The average Bonchev–Trinajstić information content (AvgIpc) is 2.82. The second-order valence-corrected chi connectivity index (χ2v) is 6.63. The van der Waals surface area contributed by atoms with Crippen molar-refractivity contribution in [3.8, 4) is 0 Å². The lowest BCUT2D eigenvalue weighted by molar-refractivity contribution is 0.161. The van der Waals surface area contributed by atoms with Crippen LogP contribution in [-0.4, -0.2) is 14.5 Å². The van der Waals surface area contributed by atoms with Crippen LogP contribution in [0.2, 0.25) is 0 Å². The van der Waals surface area contributed by atoms with Crippen LogP contribution < -0.4 is 0 Å². The van der Waals surface area contributed by atoms with Crippen molar-refractivity contribution in [1.29, 1.82) is 0 Å². The summed E-state index contributed by atoms with van der Waals surface area (Å²) >= 11 is 0. The summed E-state index contributed by atoms with van der Waals surface area (Å²) in [6.45, 7) is 1.87. The molecule has 1 aromatic rings. The monoisotopic (exact) mass is 268 g/mol. The van der Waals surface area contributed by atoms with Gasteiger partial charge in [0.1, 0.15) is 5.75 Å². The van der Waals surface area contributed by atoms with E-state index in [9.17, 15) is 8.42 Å². The summed E-state index contributed by atoms with van der Waals surface area (Å²) in [4.78, 5) is 0. The molecular formula is C14H20O3S. The summed E-state index contributed by atoms with van der Waals surface area (Å²) in [5.74, 6) is 0.362. The molecule has 0 spiro atoms. The predicted octanol–water partition coefficient (Wildman–Crippen LogP) is 3.11. The second kappa shape index (κ2) is 5.85. The first kappa shape index (κ1) is 13.6. The van der Waals surface area contributed by atoms with Crippen molar-refractivity contribution < 1.29 is 12.6 Å². The number of hydrogen-bond donors (Lipinski definition) is 0. The maximum Gasteiger partial charge on any atom is 0.271 e. The van der Waals surface area contributed by atoms with Gasteiger partial charge in [-0.25, -0.2) is 0 Å². The van der Waals surface area contributed by atoms with Crippen molar-refractivity contribution in [2.45, 2.75) is 44.5 Å². The molecule has 1 unspecified atom stereocenters. The number of hydrogen-bond acceptors (Lipinski definition) is 3. The minimum Gasteiger partial charge on any atom is -0.267 e. The Labute approximate surface area is 109 Å². The molecule has 0 N–H and O–H groups in total. The van der Waals surface area contributed by atoms with Crippen molar-refractivity contribution in [1.82, 2.24) is 0 Å². The van der Waals surface area contributed by atoms with Gasteiger partial charge in [-0.1, -0.05) is 43.2 Å². The molecule has 2 rings (SSSR count). The Bertz CT molecular complexity index is 461. The molecule has 18 heavy (non-hydrogen) atoms. The number of rotatable bonds is 5. The minimum absolute atomic E-state index is 0.0368. The molecule has 1 aromatic carbocycles. The molecule has 0 aromatic heterocycles. The van der Waals surface area contributed by atoms with Crippen LogP contribution in [0.3, 0.4) is 0 Å². The van der Waals surface area contributed by atoms with Gasteiger partial charge in [0.25, 0.3) is 10.1 Å². The van der Waals surface area contributed by atoms with E-state index in [0.717, 1.165) is 18.4 Å². The second-order valence-electron chi connectivity index (χ2n) is 5.03. The molecule has 100 valence electrons. The average molecular weight is 268 g/mol. The summed E-state index contributed by atoms with van der Waals surface area (Å²) in [5.41, 5.74) is 0.774. The first-order valence-electron chi connectivity index (χ1n) is 6.52. The van der Waals surface area contributed by atoms with Gasteiger partial charge in [-0.05, 0) is 31.2 Å². The molecule has 0 saturated heterocycles. The highest BCUT2D eigenvalue weighted by molar-refractivity contribution is 7.85. The molecule has 0 heterocycles. The highest BCUT2D eigenvalue weighted by Crippen LogP contribution is 2.30. The van der Waals surface area contributed by atoms with Crippen molar-refractivity contribution >= 4 is 10.1 Å². The van der Waals surface area contributed by atoms with Gasteiger partial charge >= 0.3 is 0 Å². The molecule has 4 heteroatoms. The Balaban J connectivity index is 1.94. The molecule has 0 amide bonds. The van der Waals surface area contributed by atoms with Gasteiger partial charge in [-0.3, -0.25) is 4.18 Å². The maximum absolute atomic E-state index is 11.9. The van der Waals surface area contributed by atoms with E-state index in [-0.39, 0.29) is 11.9 Å². The van der Waals surface area contributed by atoms with Crippen LogP contribution in [0.5, 0.6) is 0 Å². The molecule has 1 fully saturated rings. The van der Waals surface area contributed by atoms with E-state index in [4.69, 9.17) is 4.18 Å². The molecular weight excluding hydrogens is 248 g/mol. The third-order valence-corrected chi connectivity index (χ3v) is 4.83. The van der Waals surface area contributed by atoms with E-state index in [1.165, 1.54) is 12.8 Å². The Kier molecular flexibility index (Phi) is 4.40. The minimum atomic E-state index is -3.47. The molecule has 0 bridgehead atoms. The zero-order valence-electron chi connectivity index (χ0n) is 10.7. The van der Waals surface area contributed by atoms with E-state index in [1.54, 1.807) is 12.1 Å². The molecule has 1 saturated carbocycles. The summed E-state index contributed by atoms with van der Waals surface area (Å²) < 4.78 is 29.2. The van der Waals surface area contributed by atoms with Gasteiger partial charge in [-0.15, -0.1) is 0 Å². The fourth-order valence-electron chi connectivity index (χ4n) is 2.55. The zero-order chi connectivity index (χ0) is 13.0. The highest BCUT2D eigenvalue weighted by atomic mass is 32.2. The third-order valence-electron chi connectivity index (χ3n) is 3.55. The Morgan fingerprint density at radius 1 is 1.22 bits per heavy atom. The molecule has 1 aliphatic carbocycles. The Hall–Kier alpha value is -0.870. The fraction of sp³-hybridized carbons (Fsp3) is 0.571. The summed E-state index contributed by atoms with van der Waals surface area (Å²) in [6.07, 6.45) is 4.36. The van der Waals surface area contributed by atoms with Crippen LogP contribution in [0.25, 0.3) is 0 Å². The van der Waals surface area contributed by atoms with Crippen molar-refractivity contribution in [3.05, 3.63) is 35.9 Å². The lowest BCUT2D eigenvalue weighted by Crippen LogP contribution is -2.23. The first-order chi connectivity index (χ1) is 8.57. The summed E-state index contributed by atoms with van der Waals surface area (Å²) in [5, 5.41) is 0. The quantitative estimate of drug-likeness (QED) is 0.771. The third kappa shape index (κ3) is 3.82. The van der Waals surface area contributed by atoms with E-state index in [0.29, 0.717) is 5.92 Å². The van der Waals surface area contributed by atoms with Gasteiger partial charge in [0.05, 0.1) is 6.10 Å². The zero-order valence-corrected chi connectivity index (χ0v) is 11.5. The van der Waals surface area contributed by atoms with Crippen LogP contribution in [0.4, 0.5) is 0 Å². The smallest absolute Gasteiger partial charge is 0.267 e. The van der Waals surface area contributed by atoms with E-state index in [1.807, 2.05) is 25.1 Å². The maximum atomic E-state index is 11.9.